The van der Waals surface area contributed by atoms with Crippen LogP contribution in [0.5, 0.6) is 0 Å². The van der Waals surface area contributed by atoms with Gasteiger partial charge in [-0.15, -0.1) is 0 Å². The molecule has 1 amide bonds. The number of anilines is 1. The van der Waals surface area contributed by atoms with E-state index in [2.05, 4.69) is 5.32 Å². The van der Waals surface area contributed by atoms with E-state index >= 15 is 0 Å². The Bertz CT molecular complexity index is 419. The fraction of sp³-hybridized carbons (Fsp3) is 0.417. The summed E-state index contributed by atoms with van der Waals surface area (Å²) in [5.41, 5.74) is 6.55. The molecule has 0 atom stereocenters. The van der Waals surface area contributed by atoms with E-state index in [9.17, 15) is 4.79 Å². The van der Waals surface area contributed by atoms with Crippen molar-refractivity contribution >= 4 is 35.0 Å². The van der Waals surface area contributed by atoms with Crippen LogP contribution in [0, 0.1) is 0 Å². The molecule has 92 valence electrons. The molecule has 0 unspecified atom stereocenters. The van der Waals surface area contributed by atoms with Gasteiger partial charge in [-0.05, 0) is 42.5 Å². The minimum absolute atomic E-state index is 0.427. The summed E-state index contributed by atoms with van der Waals surface area (Å²) < 4.78 is 0. The number of nitrogens with one attached hydrogen (secondary N) is 1. The third-order valence-corrected chi connectivity index (χ3v) is 4.21. The predicted octanol–water partition coefficient (Wildman–Crippen LogP) is 2.75. The first-order chi connectivity index (χ1) is 8.16. The number of thioether (sulfide) groups is 1. The Kier molecular flexibility index (Phi) is 4.18. The summed E-state index contributed by atoms with van der Waals surface area (Å²) >= 11 is 8.07. The Morgan fingerprint density at radius 2 is 2.12 bits per heavy atom. The van der Waals surface area contributed by atoms with Crippen LogP contribution >= 0.6 is 23.4 Å². The molecule has 1 fully saturated rings. The van der Waals surface area contributed by atoms with Gasteiger partial charge in [-0.25, -0.2) is 0 Å². The summed E-state index contributed by atoms with van der Waals surface area (Å²) in [5, 5.41) is 4.02. The summed E-state index contributed by atoms with van der Waals surface area (Å²) in [4.78, 5) is 11.1. The molecule has 17 heavy (non-hydrogen) atoms. The predicted molar refractivity (Wildman–Crippen MR) is 73.9 cm³/mol. The average molecular weight is 271 g/mol. The second-order valence-corrected chi connectivity index (χ2v) is 5.72. The Hall–Kier alpha value is -0.870. The fourth-order valence-electron chi connectivity index (χ4n) is 1.85. The summed E-state index contributed by atoms with van der Waals surface area (Å²) in [6.45, 7) is 0. The molecule has 0 spiro atoms. The van der Waals surface area contributed by atoms with E-state index in [4.69, 9.17) is 17.3 Å². The summed E-state index contributed by atoms with van der Waals surface area (Å²) in [6.07, 6.45) is 2.25. The van der Waals surface area contributed by atoms with E-state index < -0.39 is 5.91 Å². The number of carbonyl (C=O) groups is 1. The molecular formula is C12H15ClN2OS. The molecule has 3 N–H and O–H groups in total. The van der Waals surface area contributed by atoms with Crippen LogP contribution in [-0.2, 0) is 0 Å². The number of primary amides is 1. The van der Waals surface area contributed by atoms with E-state index in [1.165, 1.54) is 11.5 Å². The lowest BCUT2D eigenvalue weighted by molar-refractivity contribution is 0.100. The molecule has 1 aliphatic rings. The van der Waals surface area contributed by atoms with Gasteiger partial charge >= 0.3 is 0 Å². The van der Waals surface area contributed by atoms with Gasteiger partial charge < -0.3 is 11.1 Å². The summed E-state index contributed by atoms with van der Waals surface area (Å²) in [6, 6.07) is 5.53. The van der Waals surface area contributed by atoms with Crippen molar-refractivity contribution < 1.29 is 4.79 Å². The molecule has 2 rings (SSSR count). The smallest absolute Gasteiger partial charge is 0.248 e. The third kappa shape index (κ3) is 3.30. The lowest BCUT2D eigenvalue weighted by Crippen LogP contribution is -2.24. The van der Waals surface area contributed by atoms with Gasteiger partial charge in [0.1, 0.15) is 0 Å². The number of hydrogen-bond acceptors (Lipinski definition) is 3. The van der Waals surface area contributed by atoms with Gasteiger partial charge in [-0.2, -0.15) is 11.8 Å². The first-order valence-corrected chi connectivity index (χ1v) is 7.14. The molecule has 0 aliphatic carbocycles. The maximum Gasteiger partial charge on any atom is 0.248 e. The quantitative estimate of drug-likeness (QED) is 0.888. The highest BCUT2D eigenvalue weighted by Gasteiger charge is 2.15. The highest BCUT2D eigenvalue weighted by molar-refractivity contribution is 7.99. The van der Waals surface area contributed by atoms with Crippen LogP contribution in [0.2, 0.25) is 5.02 Å². The molecule has 1 aromatic rings. The molecule has 1 aromatic carbocycles. The summed E-state index contributed by atoms with van der Waals surface area (Å²) in [5.74, 6) is 1.92. The van der Waals surface area contributed by atoms with Crippen LogP contribution in [-0.4, -0.2) is 23.5 Å². The van der Waals surface area contributed by atoms with Gasteiger partial charge in [0.2, 0.25) is 5.91 Å². The fourth-order valence-corrected chi connectivity index (χ4v) is 3.13. The van der Waals surface area contributed by atoms with Gasteiger partial charge in [0.05, 0.1) is 10.7 Å². The monoisotopic (exact) mass is 270 g/mol. The Balaban J connectivity index is 2.13. The maximum absolute atomic E-state index is 11.1. The highest BCUT2D eigenvalue weighted by Crippen LogP contribution is 2.27. The van der Waals surface area contributed by atoms with Crippen molar-refractivity contribution in [1.29, 1.82) is 0 Å². The molecule has 0 radical (unpaired) electrons. The minimum Gasteiger partial charge on any atom is -0.381 e. The Morgan fingerprint density at radius 1 is 1.41 bits per heavy atom. The van der Waals surface area contributed by atoms with E-state index in [1.807, 2.05) is 11.8 Å². The van der Waals surface area contributed by atoms with Crippen molar-refractivity contribution in [2.45, 2.75) is 18.9 Å². The molecule has 0 aromatic heterocycles. The largest absolute Gasteiger partial charge is 0.381 e. The number of benzene rings is 1. The number of carbonyl (C=O) groups excluding carboxylic acids is 1. The second kappa shape index (κ2) is 5.65. The van der Waals surface area contributed by atoms with Gasteiger partial charge in [-0.1, -0.05) is 11.6 Å². The third-order valence-electron chi connectivity index (χ3n) is 2.83. The zero-order chi connectivity index (χ0) is 12.3. The van der Waals surface area contributed by atoms with Gasteiger partial charge in [0, 0.05) is 11.6 Å². The van der Waals surface area contributed by atoms with E-state index in [-0.39, 0.29) is 0 Å². The maximum atomic E-state index is 11.1. The normalized spacial score (nSPS) is 16.8. The van der Waals surface area contributed by atoms with E-state index in [1.54, 1.807) is 18.2 Å². The van der Waals surface area contributed by atoms with Crippen molar-refractivity contribution in [1.82, 2.24) is 0 Å². The average Bonchev–Trinajstić information content (AvgIpc) is 2.33. The van der Waals surface area contributed by atoms with Crippen molar-refractivity contribution in [2.75, 3.05) is 16.8 Å². The number of rotatable bonds is 3. The molecule has 1 aliphatic heterocycles. The topological polar surface area (TPSA) is 55.1 Å². The van der Waals surface area contributed by atoms with Gasteiger partial charge in [-0.3, -0.25) is 4.79 Å². The van der Waals surface area contributed by atoms with Crippen LogP contribution < -0.4 is 11.1 Å². The van der Waals surface area contributed by atoms with Crippen molar-refractivity contribution in [2.24, 2.45) is 5.73 Å². The molecule has 5 heteroatoms. The first kappa shape index (κ1) is 12.6. The highest BCUT2D eigenvalue weighted by atomic mass is 35.5. The van der Waals surface area contributed by atoms with Crippen molar-refractivity contribution in [3.8, 4) is 0 Å². The standard InChI is InChI=1S/C12H15ClN2OS/c13-10-2-1-8(12(14)16)7-11(10)15-9-3-5-17-6-4-9/h1-2,7,9,15H,3-6H2,(H2,14,16). The minimum atomic E-state index is -0.427. The van der Waals surface area contributed by atoms with Crippen LogP contribution in [0.3, 0.4) is 0 Å². The Morgan fingerprint density at radius 3 is 2.76 bits per heavy atom. The zero-order valence-corrected chi connectivity index (χ0v) is 11.0. The SMILES string of the molecule is NC(=O)c1ccc(Cl)c(NC2CCSCC2)c1. The summed E-state index contributed by atoms with van der Waals surface area (Å²) in [7, 11) is 0. The number of amides is 1. The van der Waals surface area contributed by atoms with Crippen LogP contribution in [0.4, 0.5) is 5.69 Å². The molecule has 1 heterocycles. The van der Waals surface area contributed by atoms with Crippen LogP contribution in [0.25, 0.3) is 0 Å². The number of nitrogens with two attached hydrogens (primary N) is 1. The number of hydrogen-bond donors (Lipinski definition) is 2. The van der Waals surface area contributed by atoms with E-state index in [0.717, 1.165) is 18.5 Å². The lowest BCUT2D eigenvalue weighted by atomic mass is 10.1. The Labute approximate surface area is 110 Å². The molecular weight excluding hydrogens is 256 g/mol. The second-order valence-electron chi connectivity index (χ2n) is 4.09. The lowest BCUT2D eigenvalue weighted by Gasteiger charge is -2.24. The van der Waals surface area contributed by atoms with Gasteiger partial charge in [0.25, 0.3) is 0 Å². The van der Waals surface area contributed by atoms with E-state index in [0.29, 0.717) is 16.6 Å². The van der Waals surface area contributed by atoms with Crippen LogP contribution in [0.1, 0.15) is 23.2 Å². The number of halogens is 1. The molecule has 1 saturated heterocycles. The first-order valence-electron chi connectivity index (χ1n) is 5.60. The van der Waals surface area contributed by atoms with Crippen LogP contribution in [0.15, 0.2) is 18.2 Å². The molecule has 0 saturated carbocycles. The van der Waals surface area contributed by atoms with Crippen molar-refractivity contribution in [3.05, 3.63) is 28.8 Å². The molecule has 3 nitrogen and oxygen atoms in total. The molecule has 0 bridgehead atoms. The van der Waals surface area contributed by atoms with Crippen molar-refractivity contribution in [3.63, 3.8) is 0 Å². The zero-order valence-electron chi connectivity index (χ0n) is 9.41. The van der Waals surface area contributed by atoms with Gasteiger partial charge in [0.15, 0.2) is 0 Å².